The summed E-state index contributed by atoms with van der Waals surface area (Å²) in [4.78, 5) is 14.5. The number of amides is 1. The first-order valence-electron chi connectivity index (χ1n) is 6.36. The summed E-state index contributed by atoms with van der Waals surface area (Å²) in [5.74, 6) is 1.26. The van der Waals surface area contributed by atoms with E-state index in [9.17, 15) is 10.1 Å². The van der Waals surface area contributed by atoms with Crippen LogP contribution in [0.1, 0.15) is 19.8 Å². The Morgan fingerprint density at radius 2 is 2.21 bits per heavy atom. The standard InChI is InChI=1S/C13H16N4OS/c1-2-17-5-3-13(4-6-17)9(7-14)11(18)16-12(19)10(13)8-15/h9,15H,2-6H2,1H3,(H,16,18,19). The maximum absolute atomic E-state index is 12.0. The third-order valence-corrected chi connectivity index (χ3v) is 4.53. The second-order valence-electron chi connectivity index (χ2n) is 4.97. The Kier molecular flexibility index (Phi) is 3.81. The van der Waals surface area contributed by atoms with E-state index in [0.717, 1.165) is 19.6 Å². The van der Waals surface area contributed by atoms with Crippen molar-refractivity contribution in [3.05, 3.63) is 5.57 Å². The number of nitriles is 1. The predicted molar refractivity (Wildman–Crippen MR) is 74.9 cm³/mol. The van der Waals surface area contributed by atoms with Gasteiger partial charge >= 0.3 is 0 Å². The first-order valence-corrected chi connectivity index (χ1v) is 6.77. The van der Waals surface area contributed by atoms with Crippen molar-refractivity contribution in [2.75, 3.05) is 19.6 Å². The van der Waals surface area contributed by atoms with E-state index in [2.05, 4.69) is 29.1 Å². The fraction of sp³-hybridized carbons (Fsp3) is 0.615. The van der Waals surface area contributed by atoms with Crippen molar-refractivity contribution in [2.45, 2.75) is 19.8 Å². The Labute approximate surface area is 117 Å². The number of hydrogen-bond donors (Lipinski definition) is 2. The van der Waals surface area contributed by atoms with E-state index >= 15 is 0 Å². The van der Waals surface area contributed by atoms with Gasteiger partial charge in [0.2, 0.25) is 5.91 Å². The summed E-state index contributed by atoms with van der Waals surface area (Å²) in [6, 6.07) is 2.10. The number of nitrogens with one attached hydrogen (secondary N) is 2. The van der Waals surface area contributed by atoms with Crippen LogP contribution >= 0.6 is 12.2 Å². The molecule has 0 saturated carbocycles. The van der Waals surface area contributed by atoms with Gasteiger partial charge in [-0.25, -0.2) is 0 Å². The van der Waals surface area contributed by atoms with Gasteiger partial charge in [-0.15, -0.1) is 0 Å². The lowest BCUT2D eigenvalue weighted by Gasteiger charge is -2.46. The van der Waals surface area contributed by atoms with Crippen LogP contribution in [0.4, 0.5) is 0 Å². The van der Waals surface area contributed by atoms with Gasteiger partial charge in [0, 0.05) is 5.41 Å². The highest BCUT2D eigenvalue weighted by Crippen LogP contribution is 2.46. The SMILES string of the molecule is CCN1CCC2(CC1)C(=C=N)C(=S)NC(=O)C2C#N. The molecule has 1 spiro atoms. The van der Waals surface area contributed by atoms with Gasteiger partial charge < -0.3 is 10.2 Å². The number of carbonyl (C=O) groups is 1. The molecule has 1 unspecified atom stereocenters. The van der Waals surface area contributed by atoms with Crippen LogP contribution in [0.2, 0.25) is 0 Å². The van der Waals surface area contributed by atoms with E-state index in [0.29, 0.717) is 18.4 Å². The zero-order chi connectivity index (χ0) is 14.0. The van der Waals surface area contributed by atoms with Gasteiger partial charge in [-0.05, 0) is 38.3 Å². The molecular weight excluding hydrogens is 260 g/mol. The number of thiocarbonyl (C=S) groups is 1. The molecule has 0 aromatic carbocycles. The van der Waals surface area contributed by atoms with Crippen LogP contribution in [0.25, 0.3) is 0 Å². The molecule has 5 nitrogen and oxygen atoms in total. The highest BCUT2D eigenvalue weighted by molar-refractivity contribution is 7.80. The molecule has 0 bridgehead atoms. The van der Waals surface area contributed by atoms with E-state index in [4.69, 9.17) is 17.6 Å². The van der Waals surface area contributed by atoms with E-state index in [1.807, 2.05) is 0 Å². The molecule has 2 N–H and O–H groups in total. The molecule has 1 amide bonds. The van der Waals surface area contributed by atoms with E-state index < -0.39 is 11.3 Å². The molecular formula is C13H16N4OS. The third kappa shape index (κ3) is 2.10. The summed E-state index contributed by atoms with van der Waals surface area (Å²) in [5.41, 5.74) is -0.105. The van der Waals surface area contributed by atoms with Crippen LogP contribution < -0.4 is 5.32 Å². The summed E-state index contributed by atoms with van der Waals surface area (Å²) in [5, 5.41) is 19.3. The topological polar surface area (TPSA) is 80.0 Å². The van der Waals surface area contributed by atoms with Crippen molar-refractivity contribution < 1.29 is 4.79 Å². The normalized spacial score (nSPS) is 26.7. The molecule has 2 rings (SSSR count). The Balaban J connectivity index is 2.42. The number of hydrogen-bond acceptors (Lipinski definition) is 5. The van der Waals surface area contributed by atoms with E-state index in [1.54, 1.807) is 0 Å². The minimum absolute atomic E-state index is 0.261. The fourth-order valence-corrected chi connectivity index (χ4v) is 3.39. The second kappa shape index (κ2) is 5.22. The highest BCUT2D eigenvalue weighted by atomic mass is 32.1. The summed E-state index contributed by atoms with van der Waals surface area (Å²) >= 11 is 5.14. The highest BCUT2D eigenvalue weighted by Gasteiger charge is 2.52. The fourth-order valence-electron chi connectivity index (χ4n) is 3.04. The van der Waals surface area contributed by atoms with E-state index in [1.165, 1.54) is 0 Å². The summed E-state index contributed by atoms with van der Waals surface area (Å²) in [6.45, 7) is 4.67. The van der Waals surface area contributed by atoms with Crippen LogP contribution in [0.5, 0.6) is 0 Å². The van der Waals surface area contributed by atoms with Gasteiger partial charge in [-0.1, -0.05) is 19.1 Å². The van der Waals surface area contributed by atoms with Gasteiger partial charge in [0.25, 0.3) is 0 Å². The molecule has 6 heteroatoms. The minimum Gasteiger partial charge on any atom is -0.315 e. The average molecular weight is 276 g/mol. The first kappa shape index (κ1) is 13.9. The largest absolute Gasteiger partial charge is 0.315 e. The van der Waals surface area contributed by atoms with Crippen LogP contribution in [0, 0.1) is 28.1 Å². The van der Waals surface area contributed by atoms with Gasteiger partial charge in [-0.2, -0.15) is 5.26 Å². The molecule has 1 atom stereocenters. The van der Waals surface area contributed by atoms with Gasteiger partial charge in [0.05, 0.1) is 11.6 Å². The number of likely N-dealkylation sites (tertiary alicyclic amines) is 1. The maximum Gasteiger partial charge on any atom is 0.243 e. The van der Waals surface area contributed by atoms with Crippen molar-refractivity contribution >= 4 is 29.0 Å². The van der Waals surface area contributed by atoms with Gasteiger partial charge in [0.15, 0.2) is 0 Å². The summed E-state index contributed by atoms with van der Waals surface area (Å²) in [6.07, 6.45) is 1.35. The van der Waals surface area contributed by atoms with Crippen molar-refractivity contribution in [3.8, 4) is 6.07 Å². The zero-order valence-corrected chi connectivity index (χ0v) is 11.6. The van der Waals surface area contributed by atoms with E-state index in [-0.39, 0.29) is 10.9 Å². The first-order chi connectivity index (χ1) is 9.08. The molecule has 100 valence electrons. The predicted octanol–water partition coefficient (Wildman–Crippen LogP) is 0.860. The van der Waals surface area contributed by atoms with Crippen LogP contribution in [0.15, 0.2) is 5.57 Å². The van der Waals surface area contributed by atoms with Crippen LogP contribution in [-0.2, 0) is 4.79 Å². The van der Waals surface area contributed by atoms with Crippen molar-refractivity contribution in [1.29, 1.82) is 10.7 Å². The quantitative estimate of drug-likeness (QED) is 0.423. The maximum atomic E-state index is 12.0. The number of nitrogens with zero attached hydrogens (tertiary/aromatic N) is 2. The minimum atomic E-state index is -0.772. The van der Waals surface area contributed by atoms with Crippen molar-refractivity contribution in [3.63, 3.8) is 0 Å². The third-order valence-electron chi connectivity index (χ3n) is 4.23. The van der Waals surface area contributed by atoms with Gasteiger partial charge in [-0.3, -0.25) is 10.2 Å². The summed E-state index contributed by atoms with van der Waals surface area (Å²) in [7, 11) is 0. The summed E-state index contributed by atoms with van der Waals surface area (Å²) < 4.78 is 0. The lowest BCUT2D eigenvalue weighted by atomic mass is 9.62. The molecule has 2 fully saturated rings. The number of piperidine rings is 2. The smallest absolute Gasteiger partial charge is 0.243 e. The zero-order valence-electron chi connectivity index (χ0n) is 10.8. The lowest BCUT2D eigenvalue weighted by molar-refractivity contribution is -0.126. The lowest BCUT2D eigenvalue weighted by Crippen LogP contribution is -2.56. The molecule has 0 aliphatic carbocycles. The second-order valence-corrected chi connectivity index (χ2v) is 5.38. The Hall–Kier alpha value is -1.54. The molecule has 2 aliphatic rings. The van der Waals surface area contributed by atoms with Crippen LogP contribution in [-0.4, -0.2) is 41.3 Å². The number of carbonyl (C=O) groups excluding carboxylic acids is 1. The average Bonchev–Trinajstić information content (AvgIpc) is 2.40. The monoisotopic (exact) mass is 276 g/mol. The molecule has 0 aromatic heterocycles. The van der Waals surface area contributed by atoms with Gasteiger partial charge in [0.1, 0.15) is 10.9 Å². The molecule has 2 aliphatic heterocycles. The molecule has 19 heavy (non-hydrogen) atoms. The number of rotatable bonds is 1. The molecule has 2 saturated heterocycles. The molecule has 2 heterocycles. The molecule has 0 aromatic rings. The molecule has 0 radical (unpaired) electrons. The van der Waals surface area contributed by atoms with Crippen LogP contribution in [0.3, 0.4) is 0 Å². The Morgan fingerprint density at radius 1 is 1.58 bits per heavy atom. The Morgan fingerprint density at radius 3 is 2.68 bits per heavy atom. The Bertz CT molecular complexity index is 507. The van der Waals surface area contributed by atoms with Crippen molar-refractivity contribution in [2.24, 2.45) is 11.3 Å². The van der Waals surface area contributed by atoms with Crippen molar-refractivity contribution in [1.82, 2.24) is 10.2 Å².